The first-order valence-corrected chi connectivity index (χ1v) is 8.60. The topological polar surface area (TPSA) is 102 Å². The Morgan fingerprint density at radius 1 is 0.958 bits per heavy atom. The van der Waals surface area contributed by atoms with Crippen LogP contribution in [0.15, 0.2) is 0 Å². The molecular formula is C16H29NO6S. The lowest BCUT2D eigenvalue weighted by atomic mass is 10.0. The van der Waals surface area contributed by atoms with Gasteiger partial charge in [0.1, 0.15) is 17.2 Å². The Morgan fingerprint density at radius 3 is 1.79 bits per heavy atom. The molecule has 24 heavy (non-hydrogen) atoms. The van der Waals surface area contributed by atoms with Crippen LogP contribution in [0.4, 0.5) is 4.79 Å². The Hall–Kier alpha value is -1.44. The lowest BCUT2D eigenvalue weighted by Crippen LogP contribution is -2.53. The van der Waals surface area contributed by atoms with Crippen LogP contribution in [0.2, 0.25) is 0 Å². The molecule has 0 spiro atoms. The molecule has 0 heterocycles. The average Bonchev–Trinajstić information content (AvgIpc) is 2.29. The van der Waals surface area contributed by atoms with Crippen molar-refractivity contribution in [1.82, 2.24) is 5.32 Å². The van der Waals surface area contributed by atoms with Gasteiger partial charge in [-0.1, -0.05) is 0 Å². The minimum Gasteiger partial charge on any atom is -0.480 e. The number of hydrogen-bond donors (Lipinski definition) is 2. The normalized spacial score (nSPS) is 13.8. The standard InChI is InChI=1S/C16H29NO6S/c1-14(2,3)22-10(18)9-24-16(7,8)11(12(19)20)17-13(21)23-15(4,5)6/h11H,9H2,1-8H3,(H,17,21)(H,19,20)/t11-/m1/s1. The summed E-state index contributed by atoms with van der Waals surface area (Å²) < 4.78 is 9.35. The molecule has 0 bridgehead atoms. The zero-order valence-electron chi connectivity index (χ0n) is 15.7. The number of aliphatic carboxylic acids is 1. The van der Waals surface area contributed by atoms with Crippen LogP contribution in [0, 0.1) is 0 Å². The zero-order valence-corrected chi connectivity index (χ0v) is 16.5. The van der Waals surface area contributed by atoms with E-state index in [-0.39, 0.29) is 5.75 Å². The van der Waals surface area contributed by atoms with Crippen LogP contribution in [0.3, 0.4) is 0 Å². The molecule has 1 atom stereocenters. The van der Waals surface area contributed by atoms with E-state index in [4.69, 9.17) is 9.47 Å². The number of ether oxygens (including phenoxy) is 2. The molecule has 7 nitrogen and oxygen atoms in total. The number of esters is 1. The number of rotatable bonds is 6. The fraction of sp³-hybridized carbons (Fsp3) is 0.812. The van der Waals surface area contributed by atoms with Gasteiger partial charge in [-0.2, -0.15) is 0 Å². The number of alkyl carbamates (subject to hydrolysis) is 1. The highest BCUT2D eigenvalue weighted by molar-refractivity contribution is 8.01. The van der Waals surface area contributed by atoms with E-state index in [1.165, 1.54) is 0 Å². The maximum absolute atomic E-state index is 11.8. The lowest BCUT2D eigenvalue weighted by molar-refractivity contribution is -0.151. The van der Waals surface area contributed by atoms with Gasteiger partial charge in [-0.3, -0.25) is 4.79 Å². The number of thioether (sulfide) groups is 1. The van der Waals surface area contributed by atoms with Crippen molar-refractivity contribution < 1.29 is 29.0 Å². The molecule has 0 rings (SSSR count). The van der Waals surface area contributed by atoms with Crippen molar-refractivity contribution in [2.75, 3.05) is 5.75 Å². The molecule has 0 aromatic heterocycles. The van der Waals surface area contributed by atoms with Gasteiger partial charge in [0.05, 0.1) is 5.75 Å². The summed E-state index contributed by atoms with van der Waals surface area (Å²) in [5.74, 6) is -1.67. The van der Waals surface area contributed by atoms with E-state index >= 15 is 0 Å². The van der Waals surface area contributed by atoms with E-state index in [2.05, 4.69) is 5.32 Å². The number of carbonyl (C=O) groups is 3. The fourth-order valence-electron chi connectivity index (χ4n) is 1.66. The van der Waals surface area contributed by atoms with Gasteiger partial charge in [0.25, 0.3) is 0 Å². The number of carboxylic acid groups (broad SMARTS) is 1. The largest absolute Gasteiger partial charge is 0.480 e. The van der Waals surface area contributed by atoms with Crippen LogP contribution in [0.1, 0.15) is 55.4 Å². The molecule has 0 aromatic carbocycles. The molecule has 140 valence electrons. The quantitative estimate of drug-likeness (QED) is 0.700. The summed E-state index contributed by atoms with van der Waals surface area (Å²) >= 11 is 1.10. The van der Waals surface area contributed by atoms with Gasteiger partial charge in [-0.25, -0.2) is 9.59 Å². The third-order valence-electron chi connectivity index (χ3n) is 2.59. The van der Waals surface area contributed by atoms with Gasteiger partial charge < -0.3 is 19.9 Å². The summed E-state index contributed by atoms with van der Waals surface area (Å²) in [5, 5.41) is 11.8. The van der Waals surface area contributed by atoms with Crippen molar-refractivity contribution in [2.45, 2.75) is 77.4 Å². The second kappa shape index (κ2) is 8.09. The van der Waals surface area contributed by atoms with Crippen LogP contribution in [-0.4, -0.2) is 50.9 Å². The Balaban J connectivity index is 4.87. The SMILES string of the molecule is CC(C)(C)OC(=O)CSC(C)(C)[C@H](NC(=O)OC(C)(C)C)C(=O)O. The van der Waals surface area contributed by atoms with Gasteiger partial charge in [0.15, 0.2) is 0 Å². The molecule has 0 saturated heterocycles. The summed E-state index contributed by atoms with van der Waals surface area (Å²) in [7, 11) is 0. The van der Waals surface area contributed by atoms with Crippen LogP contribution in [0.5, 0.6) is 0 Å². The van der Waals surface area contributed by atoms with Gasteiger partial charge >= 0.3 is 18.0 Å². The average molecular weight is 363 g/mol. The van der Waals surface area contributed by atoms with Crippen LogP contribution >= 0.6 is 11.8 Å². The number of hydrogen-bond acceptors (Lipinski definition) is 6. The van der Waals surface area contributed by atoms with Gasteiger partial charge in [-0.05, 0) is 55.4 Å². The molecule has 0 unspecified atom stereocenters. The Kier molecular flexibility index (Phi) is 7.61. The molecule has 1 amide bonds. The predicted octanol–water partition coefficient (Wildman–Crippen LogP) is 2.82. The van der Waals surface area contributed by atoms with Gasteiger partial charge in [0.2, 0.25) is 0 Å². The van der Waals surface area contributed by atoms with Crippen molar-refractivity contribution in [2.24, 2.45) is 0 Å². The summed E-state index contributed by atoms with van der Waals surface area (Å²) in [6.45, 7) is 13.6. The Morgan fingerprint density at radius 2 is 1.42 bits per heavy atom. The molecule has 2 N–H and O–H groups in total. The second-order valence-electron chi connectivity index (χ2n) is 7.90. The van der Waals surface area contributed by atoms with E-state index in [9.17, 15) is 19.5 Å². The highest BCUT2D eigenvalue weighted by Gasteiger charge is 2.39. The van der Waals surface area contributed by atoms with Crippen molar-refractivity contribution in [3.63, 3.8) is 0 Å². The maximum atomic E-state index is 11.8. The number of amides is 1. The smallest absolute Gasteiger partial charge is 0.408 e. The minimum atomic E-state index is -1.22. The molecule has 0 aliphatic heterocycles. The van der Waals surface area contributed by atoms with E-state index in [1.807, 2.05) is 0 Å². The summed E-state index contributed by atoms with van der Waals surface area (Å²) in [6, 6.07) is -1.22. The van der Waals surface area contributed by atoms with E-state index in [0.29, 0.717) is 0 Å². The molecule has 8 heteroatoms. The van der Waals surface area contributed by atoms with Gasteiger partial charge in [-0.15, -0.1) is 11.8 Å². The Bertz CT molecular complexity index is 476. The highest BCUT2D eigenvalue weighted by Crippen LogP contribution is 2.29. The third kappa shape index (κ3) is 9.64. The molecule has 0 aromatic rings. The van der Waals surface area contributed by atoms with E-state index in [1.54, 1.807) is 55.4 Å². The van der Waals surface area contributed by atoms with Crippen molar-refractivity contribution in [3.8, 4) is 0 Å². The molecule has 0 aliphatic rings. The molecule has 0 radical (unpaired) electrons. The molecule has 0 saturated carbocycles. The summed E-state index contributed by atoms with van der Waals surface area (Å²) in [5.41, 5.74) is -1.34. The lowest BCUT2D eigenvalue weighted by Gasteiger charge is -2.32. The molecular weight excluding hydrogens is 334 g/mol. The van der Waals surface area contributed by atoms with Crippen LogP contribution in [0.25, 0.3) is 0 Å². The van der Waals surface area contributed by atoms with Crippen LogP contribution in [-0.2, 0) is 19.1 Å². The first-order chi connectivity index (χ1) is 10.5. The van der Waals surface area contributed by atoms with Crippen molar-refractivity contribution in [1.29, 1.82) is 0 Å². The van der Waals surface area contributed by atoms with E-state index < -0.39 is 40.0 Å². The molecule has 0 aliphatic carbocycles. The monoisotopic (exact) mass is 363 g/mol. The Labute approximate surface area is 147 Å². The third-order valence-corrected chi connectivity index (χ3v) is 3.95. The van der Waals surface area contributed by atoms with Crippen molar-refractivity contribution in [3.05, 3.63) is 0 Å². The summed E-state index contributed by atoms with van der Waals surface area (Å²) in [6.07, 6.45) is -0.819. The fourth-order valence-corrected chi connectivity index (χ4v) is 2.53. The first kappa shape index (κ1) is 22.6. The minimum absolute atomic E-state index is 0.0238. The maximum Gasteiger partial charge on any atom is 0.408 e. The number of carbonyl (C=O) groups excluding carboxylic acids is 2. The highest BCUT2D eigenvalue weighted by atomic mass is 32.2. The second-order valence-corrected chi connectivity index (χ2v) is 9.53. The number of carboxylic acids is 1. The van der Waals surface area contributed by atoms with Gasteiger partial charge in [0, 0.05) is 4.75 Å². The van der Waals surface area contributed by atoms with Crippen molar-refractivity contribution >= 4 is 29.8 Å². The van der Waals surface area contributed by atoms with E-state index in [0.717, 1.165) is 11.8 Å². The summed E-state index contributed by atoms with van der Waals surface area (Å²) in [4.78, 5) is 35.2. The van der Waals surface area contributed by atoms with Crippen LogP contribution < -0.4 is 5.32 Å². The first-order valence-electron chi connectivity index (χ1n) is 7.61. The molecule has 0 fully saturated rings. The number of nitrogens with one attached hydrogen (secondary N) is 1. The predicted molar refractivity (Wildman–Crippen MR) is 93.2 cm³/mol. The zero-order chi connectivity index (χ0) is 19.3.